The molecule has 8 nitrogen and oxygen atoms in total. The Morgan fingerprint density at radius 2 is 1.87 bits per heavy atom. The number of amides is 2. The first-order valence-electron chi connectivity index (χ1n) is 7.31. The van der Waals surface area contributed by atoms with Gasteiger partial charge in [0.25, 0.3) is 11.5 Å². The number of nitrogens with zero attached hydrogens (tertiary/aromatic N) is 2. The van der Waals surface area contributed by atoms with Crippen molar-refractivity contribution < 1.29 is 14.3 Å². The van der Waals surface area contributed by atoms with Crippen LogP contribution in [-0.2, 0) is 11.3 Å². The fourth-order valence-electron chi connectivity index (χ4n) is 2.10. The molecule has 0 unspecified atom stereocenters. The third-order valence-electron chi connectivity index (χ3n) is 3.07. The van der Waals surface area contributed by atoms with Gasteiger partial charge in [-0.05, 0) is 19.4 Å². The van der Waals surface area contributed by atoms with E-state index >= 15 is 0 Å². The number of hydrogen-bond donors (Lipinski definition) is 2. The highest BCUT2D eigenvalue weighted by molar-refractivity contribution is 6.05. The molecule has 1 aromatic carbocycles. The van der Waals surface area contributed by atoms with E-state index in [0.29, 0.717) is 23.7 Å². The van der Waals surface area contributed by atoms with Crippen molar-refractivity contribution >= 4 is 22.8 Å². The van der Waals surface area contributed by atoms with Crippen molar-refractivity contribution in [2.45, 2.75) is 26.8 Å². The smallest absolute Gasteiger partial charge is 0.426 e. The Morgan fingerprint density at radius 1 is 1.17 bits per heavy atom. The quantitative estimate of drug-likeness (QED) is 0.825. The molecule has 0 aliphatic heterocycles. The van der Waals surface area contributed by atoms with Crippen molar-refractivity contribution in [2.24, 2.45) is 0 Å². The van der Waals surface area contributed by atoms with Gasteiger partial charge in [0.05, 0.1) is 12.0 Å². The molecule has 2 aromatic rings. The van der Waals surface area contributed by atoms with E-state index in [9.17, 15) is 14.4 Å². The zero-order valence-corrected chi connectivity index (χ0v) is 13.0. The molecule has 0 fully saturated rings. The van der Waals surface area contributed by atoms with Gasteiger partial charge in [0.15, 0.2) is 5.69 Å². The second kappa shape index (κ2) is 7.39. The standard InChI is InChI=1S/C15H18N4O4/c1-3-9-19-14(21)11-8-6-5-7-10(11)12(18-19)13(20)16-17-15(22)23-4-2/h5-8H,3-4,9H2,1-2H3,(H,16,20)(H,17,22). The molecule has 0 saturated carbocycles. The minimum absolute atomic E-state index is 0.0606. The summed E-state index contributed by atoms with van der Waals surface area (Å²) in [5, 5.41) is 4.94. The minimum Gasteiger partial charge on any atom is -0.449 e. The number of nitrogens with one attached hydrogen (secondary N) is 2. The number of carbonyl (C=O) groups excluding carboxylic acids is 2. The topological polar surface area (TPSA) is 102 Å². The molecular formula is C15H18N4O4. The molecule has 0 saturated heterocycles. The fraction of sp³-hybridized carbons (Fsp3) is 0.333. The zero-order valence-electron chi connectivity index (χ0n) is 13.0. The van der Waals surface area contributed by atoms with Crippen molar-refractivity contribution in [1.82, 2.24) is 20.6 Å². The van der Waals surface area contributed by atoms with Gasteiger partial charge in [-0.2, -0.15) is 5.10 Å². The summed E-state index contributed by atoms with van der Waals surface area (Å²) in [4.78, 5) is 35.8. The van der Waals surface area contributed by atoms with Crippen molar-refractivity contribution in [3.05, 3.63) is 40.3 Å². The number of aromatic nitrogens is 2. The molecule has 0 aliphatic rings. The molecule has 0 radical (unpaired) electrons. The molecular weight excluding hydrogens is 300 g/mol. The third-order valence-corrected chi connectivity index (χ3v) is 3.07. The number of carbonyl (C=O) groups is 2. The lowest BCUT2D eigenvalue weighted by atomic mass is 10.1. The lowest BCUT2D eigenvalue weighted by molar-refractivity contribution is 0.0907. The van der Waals surface area contributed by atoms with E-state index in [1.165, 1.54) is 4.68 Å². The van der Waals surface area contributed by atoms with Crippen LogP contribution in [0.5, 0.6) is 0 Å². The first-order valence-corrected chi connectivity index (χ1v) is 7.31. The maximum absolute atomic E-state index is 12.3. The lowest BCUT2D eigenvalue weighted by Gasteiger charge is -2.11. The molecule has 2 amide bonds. The van der Waals surface area contributed by atoms with E-state index in [2.05, 4.69) is 20.7 Å². The maximum Gasteiger partial charge on any atom is 0.426 e. The first-order chi connectivity index (χ1) is 11.1. The maximum atomic E-state index is 12.3. The van der Waals surface area contributed by atoms with Gasteiger partial charge in [0, 0.05) is 11.9 Å². The molecule has 1 heterocycles. The predicted octanol–water partition coefficient (Wildman–Crippen LogP) is 1.20. The van der Waals surface area contributed by atoms with E-state index in [-0.39, 0.29) is 17.9 Å². The highest BCUT2D eigenvalue weighted by Gasteiger charge is 2.17. The van der Waals surface area contributed by atoms with Gasteiger partial charge >= 0.3 is 6.09 Å². The van der Waals surface area contributed by atoms with Crippen LogP contribution in [0.15, 0.2) is 29.1 Å². The van der Waals surface area contributed by atoms with E-state index in [1.807, 2.05) is 6.92 Å². The molecule has 2 N–H and O–H groups in total. The Morgan fingerprint density at radius 3 is 2.52 bits per heavy atom. The highest BCUT2D eigenvalue weighted by atomic mass is 16.5. The van der Waals surface area contributed by atoms with Crippen LogP contribution in [-0.4, -0.2) is 28.4 Å². The molecule has 0 bridgehead atoms. The summed E-state index contributed by atoms with van der Waals surface area (Å²) in [7, 11) is 0. The summed E-state index contributed by atoms with van der Waals surface area (Å²) in [6, 6.07) is 6.71. The Kier molecular flexibility index (Phi) is 5.29. The number of rotatable bonds is 4. The summed E-state index contributed by atoms with van der Waals surface area (Å²) < 4.78 is 5.91. The van der Waals surface area contributed by atoms with Gasteiger partial charge in [-0.1, -0.05) is 25.1 Å². The van der Waals surface area contributed by atoms with Gasteiger partial charge in [0.2, 0.25) is 0 Å². The van der Waals surface area contributed by atoms with Crippen LogP contribution in [0.2, 0.25) is 0 Å². The summed E-state index contributed by atoms with van der Waals surface area (Å²) in [5.74, 6) is -0.626. The van der Waals surface area contributed by atoms with Crippen LogP contribution in [0.1, 0.15) is 30.8 Å². The van der Waals surface area contributed by atoms with Gasteiger partial charge < -0.3 is 4.74 Å². The van der Waals surface area contributed by atoms with Crippen LogP contribution in [0, 0.1) is 0 Å². The molecule has 8 heteroatoms. The Bertz CT molecular complexity index is 785. The largest absolute Gasteiger partial charge is 0.449 e. The van der Waals surface area contributed by atoms with Crippen molar-refractivity contribution in [2.75, 3.05) is 6.61 Å². The summed E-state index contributed by atoms with van der Waals surface area (Å²) in [5.41, 5.74) is 4.16. The number of benzene rings is 1. The Labute approximate surface area is 132 Å². The minimum atomic E-state index is -0.771. The van der Waals surface area contributed by atoms with Gasteiger partial charge in [-0.25, -0.2) is 14.9 Å². The van der Waals surface area contributed by atoms with Crippen molar-refractivity contribution in [3.63, 3.8) is 0 Å². The first kappa shape index (κ1) is 16.5. The van der Waals surface area contributed by atoms with Gasteiger partial charge in [-0.15, -0.1) is 0 Å². The number of hydrazine groups is 1. The summed E-state index contributed by atoms with van der Waals surface area (Å²) in [6.45, 7) is 4.14. The molecule has 1 aromatic heterocycles. The van der Waals surface area contributed by atoms with Crippen LogP contribution in [0.25, 0.3) is 10.8 Å². The third kappa shape index (κ3) is 3.65. The van der Waals surface area contributed by atoms with Crippen molar-refractivity contribution in [1.29, 1.82) is 0 Å². The average molecular weight is 318 g/mol. The van der Waals surface area contributed by atoms with Crippen LogP contribution in [0.4, 0.5) is 4.79 Å². The summed E-state index contributed by atoms with van der Waals surface area (Å²) >= 11 is 0. The molecule has 0 spiro atoms. The SMILES string of the molecule is CCCn1nc(C(=O)NNC(=O)OCC)c2ccccc2c1=O. The molecule has 0 aliphatic carbocycles. The predicted molar refractivity (Wildman–Crippen MR) is 83.9 cm³/mol. The Balaban J connectivity index is 2.39. The fourth-order valence-corrected chi connectivity index (χ4v) is 2.10. The lowest BCUT2D eigenvalue weighted by Crippen LogP contribution is -2.43. The van der Waals surface area contributed by atoms with Gasteiger partial charge in [0.1, 0.15) is 0 Å². The second-order valence-corrected chi connectivity index (χ2v) is 4.72. The molecule has 2 rings (SSSR count). The van der Waals surface area contributed by atoms with E-state index < -0.39 is 12.0 Å². The number of hydrogen-bond acceptors (Lipinski definition) is 5. The average Bonchev–Trinajstić information content (AvgIpc) is 2.56. The van der Waals surface area contributed by atoms with Gasteiger partial charge in [-0.3, -0.25) is 15.0 Å². The Hall–Kier alpha value is -2.90. The molecule has 23 heavy (non-hydrogen) atoms. The second-order valence-electron chi connectivity index (χ2n) is 4.72. The number of fused-ring (bicyclic) bond motifs is 1. The number of ether oxygens (including phenoxy) is 1. The van der Waals surface area contributed by atoms with E-state index in [0.717, 1.165) is 0 Å². The van der Waals surface area contributed by atoms with Crippen molar-refractivity contribution in [3.8, 4) is 0 Å². The van der Waals surface area contributed by atoms with E-state index in [4.69, 9.17) is 0 Å². The zero-order chi connectivity index (χ0) is 16.8. The van der Waals surface area contributed by atoms with Crippen LogP contribution in [0.3, 0.4) is 0 Å². The van der Waals surface area contributed by atoms with Crippen LogP contribution >= 0.6 is 0 Å². The normalized spacial score (nSPS) is 10.3. The molecule has 122 valence electrons. The van der Waals surface area contributed by atoms with E-state index in [1.54, 1.807) is 31.2 Å². The summed E-state index contributed by atoms with van der Waals surface area (Å²) in [6.07, 6.45) is -0.0695. The van der Waals surface area contributed by atoms with Crippen LogP contribution < -0.4 is 16.4 Å². The highest BCUT2D eigenvalue weighted by Crippen LogP contribution is 2.13. The monoisotopic (exact) mass is 318 g/mol. The number of aryl methyl sites for hydroxylation is 1. The molecule has 0 atom stereocenters.